The van der Waals surface area contributed by atoms with Crippen molar-refractivity contribution in [1.29, 1.82) is 0 Å². The van der Waals surface area contributed by atoms with E-state index >= 15 is 0 Å². The van der Waals surface area contributed by atoms with Crippen LogP contribution in [0.5, 0.6) is 0 Å². The van der Waals surface area contributed by atoms with E-state index in [1.54, 1.807) is 0 Å². The fourth-order valence-corrected chi connectivity index (χ4v) is 2.73. The fourth-order valence-electron chi connectivity index (χ4n) is 2.73. The van der Waals surface area contributed by atoms with Crippen molar-refractivity contribution >= 4 is 0 Å². The molecule has 0 unspecified atom stereocenters. The van der Waals surface area contributed by atoms with Gasteiger partial charge in [0.15, 0.2) is 0 Å². The van der Waals surface area contributed by atoms with Crippen LogP contribution in [0, 0.1) is 0 Å². The maximum absolute atomic E-state index is 12.0. The highest BCUT2D eigenvalue weighted by Gasteiger charge is 2.24. The molecule has 1 aromatic rings. The summed E-state index contributed by atoms with van der Waals surface area (Å²) in [5, 5.41) is 3.33. The van der Waals surface area contributed by atoms with Gasteiger partial charge >= 0.3 is 0 Å². The zero-order valence-corrected chi connectivity index (χ0v) is 10.0. The molecular weight excluding hydrogens is 214 g/mol. The zero-order valence-electron chi connectivity index (χ0n) is 10.0. The number of aromatic nitrogens is 2. The number of nitrogens with one attached hydrogen (secondary N) is 2. The van der Waals surface area contributed by atoms with E-state index in [0.717, 1.165) is 50.2 Å². The first-order chi connectivity index (χ1) is 8.34. The number of aromatic amines is 1. The number of H-pyrrole nitrogens is 1. The minimum Gasteiger partial charge on any atom is -0.317 e. The highest BCUT2D eigenvalue weighted by molar-refractivity contribution is 5.16. The van der Waals surface area contributed by atoms with E-state index in [4.69, 9.17) is 0 Å². The summed E-state index contributed by atoms with van der Waals surface area (Å²) in [5.41, 5.74) is 0.993. The lowest BCUT2D eigenvalue weighted by Crippen LogP contribution is -2.29. The van der Waals surface area contributed by atoms with Crippen LogP contribution in [0.15, 0.2) is 11.0 Å². The van der Waals surface area contributed by atoms with Crippen molar-refractivity contribution in [1.82, 2.24) is 15.3 Å². The third kappa shape index (κ3) is 2.14. The van der Waals surface area contributed by atoms with Gasteiger partial charge in [0.25, 0.3) is 5.56 Å². The Hall–Kier alpha value is -1.16. The molecule has 2 aliphatic rings. The third-order valence-corrected chi connectivity index (χ3v) is 4.12. The van der Waals surface area contributed by atoms with Gasteiger partial charge < -0.3 is 10.3 Å². The van der Waals surface area contributed by atoms with E-state index in [2.05, 4.69) is 15.3 Å². The summed E-state index contributed by atoms with van der Waals surface area (Å²) >= 11 is 0. The average Bonchev–Trinajstić information content (AvgIpc) is 2.30. The average molecular weight is 233 g/mol. The number of hydrogen-bond acceptors (Lipinski definition) is 3. The monoisotopic (exact) mass is 233 g/mol. The Morgan fingerprint density at radius 2 is 1.88 bits per heavy atom. The molecule has 1 aliphatic heterocycles. The summed E-state index contributed by atoms with van der Waals surface area (Å²) in [6.07, 6.45) is 7.52. The molecule has 4 nitrogen and oxygen atoms in total. The molecule has 2 heterocycles. The molecule has 0 radical (unpaired) electrons. The standard InChI is InChI=1S/C13H19N3O/c17-13-11(9-2-1-3-9)8-15-12(16-13)10-4-6-14-7-5-10/h8-10,14H,1-7H2,(H,15,16,17). The molecule has 0 aromatic carbocycles. The van der Waals surface area contributed by atoms with Gasteiger partial charge in [-0.25, -0.2) is 4.98 Å². The first-order valence-corrected chi connectivity index (χ1v) is 6.64. The number of hydrogen-bond donors (Lipinski definition) is 2. The quantitative estimate of drug-likeness (QED) is 0.814. The lowest BCUT2D eigenvalue weighted by atomic mass is 9.81. The highest BCUT2D eigenvalue weighted by Crippen LogP contribution is 2.34. The molecule has 1 saturated carbocycles. The smallest absolute Gasteiger partial charge is 0.254 e. The van der Waals surface area contributed by atoms with Crippen LogP contribution in [-0.2, 0) is 0 Å². The van der Waals surface area contributed by atoms with E-state index in [9.17, 15) is 4.79 Å². The number of rotatable bonds is 2. The second kappa shape index (κ2) is 4.61. The normalized spacial score (nSPS) is 22.4. The van der Waals surface area contributed by atoms with Gasteiger partial charge in [-0.1, -0.05) is 6.42 Å². The molecular formula is C13H19N3O. The lowest BCUT2D eigenvalue weighted by Gasteiger charge is -2.25. The minimum atomic E-state index is 0.0956. The van der Waals surface area contributed by atoms with E-state index in [1.165, 1.54) is 6.42 Å². The number of nitrogens with zero attached hydrogens (tertiary/aromatic N) is 1. The van der Waals surface area contributed by atoms with Crippen LogP contribution in [0.1, 0.15) is 55.3 Å². The van der Waals surface area contributed by atoms with Crippen molar-refractivity contribution in [2.45, 2.75) is 43.9 Å². The maximum atomic E-state index is 12.0. The molecule has 1 aliphatic carbocycles. The second-order valence-corrected chi connectivity index (χ2v) is 5.21. The van der Waals surface area contributed by atoms with Gasteiger partial charge in [0.05, 0.1) is 0 Å². The second-order valence-electron chi connectivity index (χ2n) is 5.21. The Morgan fingerprint density at radius 1 is 1.12 bits per heavy atom. The van der Waals surface area contributed by atoms with Crippen molar-refractivity contribution in [3.8, 4) is 0 Å². The molecule has 1 aromatic heterocycles. The summed E-state index contributed by atoms with van der Waals surface area (Å²) in [7, 11) is 0. The largest absolute Gasteiger partial charge is 0.317 e. The summed E-state index contributed by atoms with van der Waals surface area (Å²) in [5.74, 6) is 1.78. The zero-order chi connectivity index (χ0) is 11.7. The Bertz CT molecular complexity index is 444. The van der Waals surface area contributed by atoms with Gasteiger partial charge in [0, 0.05) is 17.7 Å². The first kappa shape index (κ1) is 11.0. The molecule has 4 heteroatoms. The number of piperidine rings is 1. The molecule has 1 saturated heterocycles. The Morgan fingerprint density at radius 3 is 2.47 bits per heavy atom. The van der Waals surface area contributed by atoms with Crippen molar-refractivity contribution < 1.29 is 0 Å². The summed E-state index contributed by atoms with van der Waals surface area (Å²) in [6, 6.07) is 0. The van der Waals surface area contributed by atoms with Crippen molar-refractivity contribution in [2.24, 2.45) is 0 Å². The van der Waals surface area contributed by atoms with Gasteiger partial charge in [0.2, 0.25) is 0 Å². The van der Waals surface area contributed by atoms with Gasteiger partial charge in [0.1, 0.15) is 5.82 Å². The third-order valence-electron chi connectivity index (χ3n) is 4.12. The summed E-state index contributed by atoms with van der Waals surface area (Å²) in [6.45, 7) is 2.05. The van der Waals surface area contributed by atoms with Gasteiger partial charge in [-0.15, -0.1) is 0 Å². The summed E-state index contributed by atoms with van der Waals surface area (Å²) < 4.78 is 0. The van der Waals surface area contributed by atoms with Crippen LogP contribution >= 0.6 is 0 Å². The predicted octanol–water partition coefficient (Wildman–Crippen LogP) is 1.50. The van der Waals surface area contributed by atoms with E-state index < -0.39 is 0 Å². The molecule has 3 rings (SSSR count). The van der Waals surface area contributed by atoms with E-state index in [-0.39, 0.29) is 5.56 Å². The molecule has 92 valence electrons. The SMILES string of the molecule is O=c1[nH]c(C2CCNCC2)ncc1C1CCC1. The van der Waals surface area contributed by atoms with Crippen molar-refractivity contribution in [2.75, 3.05) is 13.1 Å². The van der Waals surface area contributed by atoms with E-state index in [0.29, 0.717) is 11.8 Å². The topological polar surface area (TPSA) is 57.8 Å². The van der Waals surface area contributed by atoms with Gasteiger partial charge in [-0.3, -0.25) is 4.79 Å². The lowest BCUT2D eigenvalue weighted by molar-refractivity contribution is 0.411. The highest BCUT2D eigenvalue weighted by atomic mass is 16.1. The summed E-state index contributed by atoms with van der Waals surface area (Å²) in [4.78, 5) is 19.5. The van der Waals surface area contributed by atoms with E-state index in [1.807, 2.05) is 6.20 Å². The molecule has 0 spiro atoms. The van der Waals surface area contributed by atoms with Crippen LogP contribution in [-0.4, -0.2) is 23.1 Å². The maximum Gasteiger partial charge on any atom is 0.254 e. The fraction of sp³-hybridized carbons (Fsp3) is 0.692. The molecule has 0 bridgehead atoms. The Balaban J connectivity index is 1.82. The molecule has 0 atom stereocenters. The molecule has 17 heavy (non-hydrogen) atoms. The molecule has 2 fully saturated rings. The predicted molar refractivity (Wildman–Crippen MR) is 66.3 cm³/mol. The Kier molecular flexibility index (Phi) is 2.97. The first-order valence-electron chi connectivity index (χ1n) is 6.64. The van der Waals surface area contributed by atoms with Gasteiger partial charge in [-0.05, 0) is 44.7 Å². The van der Waals surface area contributed by atoms with Crippen LogP contribution in [0.4, 0.5) is 0 Å². The molecule has 2 N–H and O–H groups in total. The van der Waals surface area contributed by atoms with Gasteiger partial charge in [-0.2, -0.15) is 0 Å². The molecule has 0 amide bonds. The van der Waals surface area contributed by atoms with Crippen LogP contribution < -0.4 is 10.9 Å². The van der Waals surface area contributed by atoms with Crippen molar-refractivity contribution in [3.63, 3.8) is 0 Å². The van der Waals surface area contributed by atoms with Crippen molar-refractivity contribution in [3.05, 3.63) is 27.9 Å². The minimum absolute atomic E-state index is 0.0956. The van der Waals surface area contributed by atoms with Crippen LogP contribution in [0.25, 0.3) is 0 Å². The Labute approximate surface area is 101 Å². The van der Waals surface area contributed by atoms with Crippen LogP contribution in [0.2, 0.25) is 0 Å². The van der Waals surface area contributed by atoms with Crippen LogP contribution in [0.3, 0.4) is 0 Å².